The summed E-state index contributed by atoms with van der Waals surface area (Å²) >= 11 is 0. The van der Waals surface area contributed by atoms with E-state index in [4.69, 9.17) is 4.74 Å². The summed E-state index contributed by atoms with van der Waals surface area (Å²) in [6, 6.07) is 15.4. The number of hydrogen-bond acceptors (Lipinski definition) is 4. The Balaban J connectivity index is 1.44. The number of anilines is 1. The molecule has 10 heteroatoms. The number of rotatable bonds is 5. The van der Waals surface area contributed by atoms with Gasteiger partial charge in [0.1, 0.15) is 0 Å². The van der Waals surface area contributed by atoms with Crippen molar-refractivity contribution in [3.63, 3.8) is 0 Å². The molecule has 0 aliphatic carbocycles. The molecule has 3 aromatic carbocycles. The fraction of sp³-hybridized carbons (Fsp3) is 0.0870. The highest BCUT2D eigenvalue weighted by molar-refractivity contribution is 6.00. The Labute approximate surface area is 184 Å². The van der Waals surface area contributed by atoms with Gasteiger partial charge in [0.05, 0.1) is 22.2 Å². The predicted octanol–water partition coefficient (Wildman–Crippen LogP) is 4.34. The van der Waals surface area contributed by atoms with Crippen LogP contribution in [0.4, 0.5) is 18.9 Å². The average molecular weight is 455 g/mol. The zero-order valence-electron chi connectivity index (χ0n) is 16.8. The van der Waals surface area contributed by atoms with Gasteiger partial charge in [0.2, 0.25) is 0 Å². The van der Waals surface area contributed by atoms with Gasteiger partial charge in [-0.3, -0.25) is 4.79 Å². The highest BCUT2D eigenvalue weighted by atomic mass is 19.4. The maximum Gasteiger partial charge on any atom is 0.416 e. The monoisotopic (exact) mass is 455 g/mol. The number of ether oxygens (including phenoxy) is 1. The van der Waals surface area contributed by atoms with Gasteiger partial charge in [-0.15, -0.1) is 0 Å². The van der Waals surface area contributed by atoms with Crippen LogP contribution in [-0.4, -0.2) is 28.5 Å². The number of esters is 1. The lowest BCUT2D eigenvalue weighted by Crippen LogP contribution is -2.21. The third-order valence-electron chi connectivity index (χ3n) is 4.80. The fourth-order valence-electron chi connectivity index (χ4n) is 3.27. The molecule has 4 aromatic rings. The molecule has 33 heavy (non-hydrogen) atoms. The van der Waals surface area contributed by atoms with Crippen molar-refractivity contribution in [3.8, 4) is 11.1 Å². The molecule has 0 aliphatic heterocycles. The topological polar surface area (TPSA) is 104 Å². The van der Waals surface area contributed by atoms with E-state index in [-0.39, 0.29) is 11.3 Å². The summed E-state index contributed by atoms with van der Waals surface area (Å²) in [6.07, 6.45) is -4.47. The Hall–Kier alpha value is -4.34. The van der Waals surface area contributed by atoms with Crippen LogP contribution in [0.25, 0.3) is 22.2 Å². The minimum atomic E-state index is -4.47. The number of aromatic amines is 2. The van der Waals surface area contributed by atoms with E-state index in [9.17, 15) is 27.6 Å². The lowest BCUT2D eigenvalue weighted by atomic mass is 9.98. The maximum absolute atomic E-state index is 12.8. The first-order valence-corrected chi connectivity index (χ1v) is 9.66. The van der Waals surface area contributed by atoms with Crippen molar-refractivity contribution in [3.05, 3.63) is 88.3 Å². The summed E-state index contributed by atoms with van der Waals surface area (Å²) in [7, 11) is 0. The number of halogens is 3. The van der Waals surface area contributed by atoms with Gasteiger partial charge in [0.15, 0.2) is 6.61 Å². The van der Waals surface area contributed by atoms with Gasteiger partial charge in [-0.25, -0.2) is 9.59 Å². The van der Waals surface area contributed by atoms with Crippen LogP contribution < -0.4 is 11.0 Å². The number of benzene rings is 3. The van der Waals surface area contributed by atoms with Crippen molar-refractivity contribution in [2.24, 2.45) is 0 Å². The van der Waals surface area contributed by atoms with Crippen molar-refractivity contribution < 1.29 is 27.5 Å². The standard InChI is InChI=1S/C23H16F3N3O4/c24-23(25,26)14-7-5-13(6-8-14)16-3-1-2-4-17(16)21(31)33-12-20(30)27-15-9-10-18-19(11-15)29-22(32)28-18/h1-11H,12H2,(H,27,30)(H2,28,29,32). The molecule has 0 fully saturated rings. The summed E-state index contributed by atoms with van der Waals surface area (Å²) in [6.45, 7) is -0.581. The molecular formula is C23H16F3N3O4. The molecule has 0 saturated heterocycles. The minimum absolute atomic E-state index is 0.108. The molecule has 168 valence electrons. The van der Waals surface area contributed by atoms with Gasteiger partial charge < -0.3 is 20.0 Å². The molecule has 7 nitrogen and oxygen atoms in total. The van der Waals surface area contributed by atoms with E-state index in [1.807, 2.05) is 0 Å². The highest BCUT2D eigenvalue weighted by Crippen LogP contribution is 2.32. The Morgan fingerprint density at radius 1 is 0.909 bits per heavy atom. The molecule has 1 amide bonds. The van der Waals surface area contributed by atoms with Crippen molar-refractivity contribution in [1.82, 2.24) is 9.97 Å². The predicted molar refractivity (Wildman–Crippen MR) is 115 cm³/mol. The molecule has 1 aromatic heterocycles. The van der Waals surface area contributed by atoms with Crippen LogP contribution in [0.1, 0.15) is 15.9 Å². The molecule has 4 rings (SSSR count). The van der Waals surface area contributed by atoms with Crippen LogP contribution in [0.3, 0.4) is 0 Å². The molecule has 0 spiro atoms. The van der Waals surface area contributed by atoms with Crippen LogP contribution in [0.5, 0.6) is 0 Å². The van der Waals surface area contributed by atoms with Gasteiger partial charge in [-0.1, -0.05) is 30.3 Å². The first-order chi connectivity index (χ1) is 15.7. The van der Waals surface area contributed by atoms with Gasteiger partial charge in [-0.2, -0.15) is 13.2 Å². The first-order valence-electron chi connectivity index (χ1n) is 9.66. The van der Waals surface area contributed by atoms with Crippen LogP contribution in [-0.2, 0) is 15.7 Å². The molecule has 0 unspecified atom stereocenters. The Morgan fingerprint density at radius 2 is 1.61 bits per heavy atom. The molecule has 0 aliphatic rings. The number of fused-ring (bicyclic) bond motifs is 1. The summed E-state index contributed by atoms with van der Waals surface area (Å²) in [5, 5.41) is 2.56. The quantitative estimate of drug-likeness (QED) is 0.390. The number of nitrogens with one attached hydrogen (secondary N) is 3. The molecule has 0 bridgehead atoms. The lowest BCUT2D eigenvalue weighted by molar-refractivity contribution is -0.137. The van der Waals surface area contributed by atoms with Gasteiger partial charge in [-0.05, 0) is 47.5 Å². The second kappa shape index (κ2) is 8.65. The van der Waals surface area contributed by atoms with E-state index in [2.05, 4.69) is 15.3 Å². The van der Waals surface area contributed by atoms with E-state index in [0.29, 0.717) is 27.8 Å². The Morgan fingerprint density at radius 3 is 2.33 bits per heavy atom. The zero-order valence-corrected chi connectivity index (χ0v) is 16.8. The number of hydrogen-bond donors (Lipinski definition) is 3. The second-order valence-corrected chi connectivity index (χ2v) is 7.08. The smallest absolute Gasteiger partial charge is 0.416 e. The number of amides is 1. The molecular weight excluding hydrogens is 439 g/mol. The van der Waals surface area contributed by atoms with Gasteiger partial charge >= 0.3 is 17.8 Å². The molecule has 0 saturated carbocycles. The number of aromatic nitrogens is 2. The normalized spacial score (nSPS) is 11.4. The second-order valence-electron chi connectivity index (χ2n) is 7.08. The van der Waals surface area contributed by atoms with Crippen LogP contribution >= 0.6 is 0 Å². The number of alkyl halides is 3. The highest BCUT2D eigenvalue weighted by Gasteiger charge is 2.30. The molecule has 0 radical (unpaired) electrons. The van der Waals surface area contributed by atoms with Crippen molar-refractivity contribution in [2.75, 3.05) is 11.9 Å². The van der Waals surface area contributed by atoms with Gasteiger partial charge in [0.25, 0.3) is 5.91 Å². The van der Waals surface area contributed by atoms with Crippen LogP contribution in [0.2, 0.25) is 0 Å². The summed E-state index contributed by atoms with van der Waals surface area (Å²) in [4.78, 5) is 41.2. The number of imidazole rings is 1. The molecule has 1 heterocycles. The van der Waals surface area contributed by atoms with Crippen molar-refractivity contribution in [2.45, 2.75) is 6.18 Å². The van der Waals surface area contributed by atoms with Crippen LogP contribution in [0.15, 0.2) is 71.5 Å². The van der Waals surface area contributed by atoms with Crippen LogP contribution in [0, 0.1) is 0 Å². The van der Waals surface area contributed by atoms with E-state index in [1.54, 1.807) is 36.4 Å². The largest absolute Gasteiger partial charge is 0.452 e. The number of carbonyl (C=O) groups is 2. The Bertz CT molecular complexity index is 1390. The number of carbonyl (C=O) groups excluding carboxylic acids is 2. The third kappa shape index (κ3) is 4.95. The first kappa shape index (κ1) is 21.9. The minimum Gasteiger partial charge on any atom is -0.452 e. The zero-order chi connectivity index (χ0) is 23.6. The van der Waals surface area contributed by atoms with E-state index in [1.165, 1.54) is 18.2 Å². The Kier molecular flexibility index (Phi) is 5.74. The van der Waals surface area contributed by atoms with Gasteiger partial charge in [0, 0.05) is 5.69 Å². The number of H-pyrrole nitrogens is 2. The summed E-state index contributed by atoms with van der Waals surface area (Å²) in [5.41, 5.74) is 1.16. The molecule has 3 N–H and O–H groups in total. The van der Waals surface area contributed by atoms with E-state index in [0.717, 1.165) is 12.1 Å². The average Bonchev–Trinajstić information content (AvgIpc) is 3.16. The van der Waals surface area contributed by atoms with E-state index >= 15 is 0 Å². The third-order valence-corrected chi connectivity index (χ3v) is 4.80. The van der Waals surface area contributed by atoms with Crippen molar-refractivity contribution in [1.29, 1.82) is 0 Å². The van der Waals surface area contributed by atoms with E-state index < -0.39 is 30.2 Å². The lowest BCUT2D eigenvalue weighted by Gasteiger charge is -2.11. The molecule has 0 atom stereocenters. The fourth-order valence-corrected chi connectivity index (χ4v) is 3.27. The summed E-state index contributed by atoms with van der Waals surface area (Å²) < 4.78 is 43.5. The maximum atomic E-state index is 12.8. The SMILES string of the molecule is O=C(COC(=O)c1ccccc1-c1ccc(C(F)(F)F)cc1)Nc1ccc2[nH]c(=O)[nH]c2c1. The van der Waals surface area contributed by atoms with Crippen molar-refractivity contribution >= 4 is 28.6 Å². The summed E-state index contributed by atoms with van der Waals surface area (Å²) in [5.74, 6) is -1.40.